The summed E-state index contributed by atoms with van der Waals surface area (Å²) in [5, 5.41) is 0. The molecule has 0 amide bonds. The summed E-state index contributed by atoms with van der Waals surface area (Å²) < 4.78 is 5.33. The molecule has 0 N–H and O–H groups in total. The zero-order chi connectivity index (χ0) is 11.8. The molecule has 0 bridgehead atoms. The van der Waals surface area contributed by atoms with Crippen LogP contribution in [0.2, 0.25) is 0 Å². The van der Waals surface area contributed by atoms with Crippen molar-refractivity contribution in [2.45, 2.75) is 40.5 Å². The maximum Gasteiger partial charge on any atom is 0.0554 e. The van der Waals surface area contributed by atoms with E-state index in [1.165, 1.54) is 32.5 Å². The lowest BCUT2D eigenvalue weighted by Crippen LogP contribution is -2.51. The van der Waals surface area contributed by atoms with Crippen LogP contribution in [0.25, 0.3) is 0 Å². The van der Waals surface area contributed by atoms with E-state index in [1.54, 1.807) is 0 Å². The van der Waals surface area contributed by atoms with Gasteiger partial charge in [-0.15, -0.1) is 0 Å². The summed E-state index contributed by atoms with van der Waals surface area (Å²) in [6, 6.07) is 0. The number of ether oxygens (including phenoxy) is 1. The Balaban J connectivity index is 1.81. The molecule has 0 unspecified atom stereocenters. The van der Waals surface area contributed by atoms with Gasteiger partial charge in [-0.05, 0) is 37.3 Å². The van der Waals surface area contributed by atoms with Crippen molar-refractivity contribution >= 4 is 0 Å². The standard InChI is InChI=1S/C14H27NO/c1-12(2)14(4)5-7-15(8-6-14)9-13(3)10-16-11-13/h12H,5-11H2,1-4H3. The minimum Gasteiger partial charge on any atom is -0.380 e. The number of hydrogen-bond acceptors (Lipinski definition) is 2. The molecule has 0 atom stereocenters. The number of likely N-dealkylation sites (tertiary alicyclic amines) is 1. The highest BCUT2D eigenvalue weighted by Crippen LogP contribution is 2.39. The maximum atomic E-state index is 5.33. The third kappa shape index (κ3) is 2.43. The molecule has 2 aliphatic rings. The molecule has 0 aromatic heterocycles. The van der Waals surface area contributed by atoms with Gasteiger partial charge in [0.2, 0.25) is 0 Å². The number of piperidine rings is 1. The molecule has 0 aromatic rings. The lowest BCUT2D eigenvalue weighted by molar-refractivity contribution is -0.119. The first-order chi connectivity index (χ1) is 7.44. The highest BCUT2D eigenvalue weighted by Gasteiger charge is 2.38. The van der Waals surface area contributed by atoms with Crippen LogP contribution in [0.3, 0.4) is 0 Å². The van der Waals surface area contributed by atoms with E-state index in [-0.39, 0.29) is 0 Å². The zero-order valence-corrected chi connectivity index (χ0v) is 11.4. The summed E-state index contributed by atoms with van der Waals surface area (Å²) in [6.07, 6.45) is 2.73. The summed E-state index contributed by atoms with van der Waals surface area (Å²) in [7, 11) is 0. The van der Waals surface area contributed by atoms with Crippen molar-refractivity contribution in [3.63, 3.8) is 0 Å². The van der Waals surface area contributed by atoms with Crippen molar-refractivity contribution in [2.24, 2.45) is 16.7 Å². The normalized spacial score (nSPS) is 29.1. The predicted octanol–water partition coefficient (Wildman–Crippen LogP) is 2.78. The Bertz CT molecular complexity index is 237. The minimum atomic E-state index is 0.450. The Hall–Kier alpha value is -0.0800. The van der Waals surface area contributed by atoms with E-state index in [2.05, 4.69) is 32.6 Å². The van der Waals surface area contributed by atoms with Crippen LogP contribution in [0.15, 0.2) is 0 Å². The maximum absolute atomic E-state index is 5.33. The second-order valence-corrected chi connectivity index (χ2v) is 6.89. The summed E-state index contributed by atoms with van der Waals surface area (Å²) in [5.74, 6) is 0.817. The van der Waals surface area contributed by atoms with Crippen molar-refractivity contribution in [2.75, 3.05) is 32.8 Å². The van der Waals surface area contributed by atoms with Crippen LogP contribution in [-0.2, 0) is 4.74 Å². The van der Waals surface area contributed by atoms with Gasteiger partial charge < -0.3 is 9.64 Å². The van der Waals surface area contributed by atoms with Gasteiger partial charge in [-0.25, -0.2) is 0 Å². The van der Waals surface area contributed by atoms with Gasteiger partial charge in [0.05, 0.1) is 13.2 Å². The van der Waals surface area contributed by atoms with E-state index >= 15 is 0 Å². The van der Waals surface area contributed by atoms with E-state index in [9.17, 15) is 0 Å². The molecule has 2 fully saturated rings. The molecule has 16 heavy (non-hydrogen) atoms. The molecule has 0 spiro atoms. The van der Waals surface area contributed by atoms with Crippen molar-refractivity contribution in [3.8, 4) is 0 Å². The fraction of sp³-hybridized carbons (Fsp3) is 1.00. The topological polar surface area (TPSA) is 12.5 Å². The molecule has 94 valence electrons. The number of hydrogen-bond donors (Lipinski definition) is 0. The van der Waals surface area contributed by atoms with E-state index < -0.39 is 0 Å². The van der Waals surface area contributed by atoms with Gasteiger partial charge in [-0.1, -0.05) is 27.7 Å². The first kappa shape index (κ1) is 12.4. The zero-order valence-electron chi connectivity index (χ0n) is 11.4. The molecule has 2 aliphatic heterocycles. The monoisotopic (exact) mass is 225 g/mol. The molecule has 0 saturated carbocycles. The Kier molecular flexibility index (Phi) is 3.33. The largest absolute Gasteiger partial charge is 0.380 e. The summed E-state index contributed by atoms with van der Waals surface area (Å²) in [6.45, 7) is 15.3. The molecule has 2 heterocycles. The van der Waals surface area contributed by atoms with Crippen molar-refractivity contribution in [1.82, 2.24) is 4.90 Å². The summed E-state index contributed by atoms with van der Waals surface area (Å²) >= 11 is 0. The summed E-state index contributed by atoms with van der Waals surface area (Å²) in [4.78, 5) is 2.65. The van der Waals surface area contributed by atoms with Crippen LogP contribution in [-0.4, -0.2) is 37.7 Å². The Morgan fingerprint density at radius 3 is 2.06 bits per heavy atom. The first-order valence-electron chi connectivity index (χ1n) is 6.74. The van der Waals surface area contributed by atoms with Crippen LogP contribution in [0.4, 0.5) is 0 Å². The smallest absolute Gasteiger partial charge is 0.0554 e. The fourth-order valence-corrected chi connectivity index (χ4v) is 2.88. The quantitative estimate of drug-likeness (QED) is 0.732. The molecular weight excluding hydrogens is 198 g/mol. The second kappa shape index (κ2) is 4.30. The van der Waals surface area contributed by atoms with E-state index in [0.717, 1.165) is 19.1 Å². The minimum absolute atomic E-state index is 0.450. The van der Waals surface area contributed by atoms with Crippen molar-refractivity contribution in [3.05, 3.63) is 0 Å². The SMILES string of the molecule is CC(C)C1(C)CCN(CC2(C)COC2)CC1. The number of rotatable bonds is 3. The van der Waals surface area contributed by atoms with Crippen molar-refractivity contribution in [1.29, 1.82) is 0 Å². The average Bonchev–Trinajstić information content (AvgIpc) is 2.19. The van der Waals surface area contributed by atoms with Gasteiger partial charge in [-0.2, -0.15) is 0 Å². The predicted molar refractivity (Wildman–Crippen MR) is 67.5 cm³/mol. The van der Waals surface area contributed by atoms with Crippen LogP contribution >= 0.6 is 0 Å². The molecule has 0 aromatic carbocycles. The highest BCUT2D eigenvalue weighted by atomic mass is 16.5. The van der Waals surface area contributed by atoms with Gasteiger partial charge in [0.1, 0.15) is 0 Å². The molecule has 2 heteroatoms. The van der Waals surface area contributed by atoms with Crippen LogP contribution < -0.4 is 0 Å². The van der Waals surface area contributed by atoms with Gasteiger partial charge in [0, 0.05) is 12.0 Å². The summed E-state index contributed by atoms with van der Waals surface area (Å²) in [5.41, 5.74) is 1.03. The molecule has 2 rings (SSSR count). The van der Waals surface area contributed by atoms with Crippen LogP contribution in [0, 0.1) is 16.7 Å². The Morgan fingerprint density at radius 2 is 1.69 bits per heavy atom. The molecule has 0 aliphatic carbocycles. The van der Waals surface area contributed by atoms with Gasteiger partial charge in [-0.3, -0.25) is 0 Å². The molecule has 2 nitrogen and oxygen atoms in total. The third-order valence-electron chi connectivity index (χ3n) is 4.90. The Labute approximate surface area is 100 Å². The first-order valence-corrected chi connectivity index (χ1v) is 6.74. The number of nitrogens with zero attached hydrogens (tertiary/aromatic N) is 1. The van der Waals surface area contributed by atoms with Gasteiger partial charge in [0.25, 0.3) is 0 Å². The molecule has 2 saturated heterocycles. The van der Waals surface area contributed by atoms with Crippen molar-refractivity contribution < 1.29 is 4.74 Å². The van der Waals surface area contributed by atoms with E-state index in [1.807, 2.05) is 0 Å². The third-order valence-corrected chi connectivity index (χ3v) is 4.90. The lowest BCUT2D eigenvalue weighted by Gasteiger charge is -2.47. The van der Waals surface area contributed by atoms with E-state index in [4.69, 9.17) is 4.74 Å². The van der Waals surface area contributed by atoms with Crippen LogP contribution in [0.1, 0.15) is 40.5 Å². The Morgan fingerprint density at radius 1 is 1.12 bits per heavy atom. The molecule has 0 radical (unpaired) electrons. The van der Waals surface area contributed by atoms with Gasteiger partial charge in [0.15, 0.2) is 0 Å². The fourth-order valence-electron chi connectivity index (χ4n) is 2.88. The van der Waals surface area contributed by atoms with E-state index in [0.29, 0.717) is 10.8 Å². The van der Waals surface area contributed by atoms with Gasteiger partial charge >= 0.3 is 0 Å². The van der Waals surface area contributed by atoms with Crippen LogP contribution in [0.5, 0.6) is 0 Å². The average molecular weight is 225 g/mol. The second-order valence-electron chi connectivity index (χ2n) is 6.89. The molecular formula is C14H27NO. The lowest BCUT2D eigenvalue weighted by atomic mass is 9.71. The highest BCUT2D eigenvalue weighted by molar-refractivity contribution is 4.89.